The SMILES string of the molecule is CC(=O)S[C@H]1C[C@@H](CC(C)(C)N(C)C(=O)OCc2ccc([N+](=O)[O-])cc2)N(C(=O)OCc2ccc([N+](=O)[O-])cc2)C1. The van der Waals surface area contributed by atoms with Crippen molar-refractivity contribution in [3.63, 3.8) is 0 Å². The molecule has 1 saturated heterocycles. The number of rotatable bonds is 10. The Morgan fingerprint density at radius 3 is 1.90 bits per heavy atom. The van der Waals surface area contributed by atoms with Crippen LogP contribution in [0.15, 0.2) is 48.5 Å². The Bertz CT molecular complexity index is 1280. The fraction of sp³-hybridized carbons (Fsp3) is 0.444. The number of non-ortho nitro benzene ring substituents is 2. The van der Waals surface area contributed by atoms with Crippen molar-refractivity contribution in [3.8, 4) is 0 Å². The van der Waals surface area contributed by atoms with Gasteiger partial charge in [0, 0.05) is 61.6 Å². The molecule has 0 aliphatic carbocycles. The number of ether oxygens (including phenoxy) is 2. The van der Waals surface area contributed by atoms with E-state index in [9.17, 15) is 34.6 Å². The summed E-state index contributed by atoms with van der Waals surface area (Å²) in [4.78, 5) is 61.4. The molecule has 0 bridgehead atoms. The molecule has 0 radical (unpaired) electrons. The van der Waals surface area contributed by atoms with Crippen LogP contribution in [0.3, 0.4) is 0 Å². The Labute approximate surface area is 241 Å². The molecule has 2 aromatic carbocycles. The lowest BCUT2D eigenvalue weighted by atomic mass is 9.92. The molecule has 13 nitrogen and oxygen atoms in total. The van der Waals surface area contributed by atoms with Gasteiger partial charge in [-0.1, -0.05) is 11.8 Å². The van der Waals surface area contributed by atoms with Gasteiger partial charge in [-0.2, -0.15) is 0 Å². The highest BCUT2D eigenvalue weighted by molar-refractivity contribution is 8.14. The van der Waals surface area contributed by atoms with Gasteiger partial charge in [-0.15, -0.1) is 0 Å². The predicted octanol–water partition coefficient (Wildman–Crippen LogP) is 5.30. The third kappa shape index (κ3) is 8.64. The molecule has 14 heteroatoms. The van der Waals surface area contributed by atoms with E-state index in [0.29, 0.717) is 30.5 Å². The quantitative estimate of drug-likeness (QED) is 0.263. The van der Waals surface area contributed by atoms with Crippen LogP contribution in [0, 0.1) is 20.2 Å². The van der Waals surface area contributed by atoms with Gasteiger partial charge in [-0.05, 0) is 62.1 Å². The maximum absolute atomic E-state index is 13.1. The maximum atomic E-state index is 13.1. The summed E-state index contributed by atoms with van der Waals surface area (Å²) in [5.41, 5.74) is 0.291. The maximum Gasteiger partial charge on any atom is 0.410 e. The summed E-state index contributed by atoms with van der Waals surface area (Å²) in [5, 5.41) is 21.5. The van der Waals surface area contributed by atoms with Gasteiger partial charge >= 0.3 is 12.2 Å². The summed E-state index contributed by atoms with van der Waals surface area (Å²) in [7, 11) is 1.59. The van der Waals surface area contributed by atoms with Crippen molar-refractivity contribution >= 4 is 40.4 Å². The number of carbonyl (C=O) groups excluding carboxylic acids is 3. The molecule has 41 heavy (non-hydrogen) atoms. The van der Waals surface area contributed by atoms with E-state index in [0.717, 1.165) is 11.8 Å². The number of hydrogen-bond acceptors (Lipinski definition) is 10. The molecule has 1 aliphatic rings. The van der Waals surface area contributed by atoms with Gasteiger partial charge in [0.25, 0.3) is 11.4 Å². The minimum Gasteiger partial charge on any atom is -0.445 e. The molecule has 2 atom stereocenters. The second-order valence-corrected chi connectivity index (χ2v) is 11.8. The Hall–Kier alpha value is -4.20. The molecule has 220 valence electrons. The second-order valence-electron chi connectivity index (χ2n) is 10.3. The number of nitrogens with zero attached hydrogens (tertiary/aromatic N) is 4. The highest BCUT2D eigenvalue weighted by Crippen LogP contribution is 2.34. The van der Waals surface area contributed by atoms with Crippen LogP contribution in [0.2, 0.25) is 0 Å². The predicted molar refractivity (Wildman–Crippen MR) is 150 cm³/mol. The van der Waals surface area contributed by atoms with Crippen molar-refractivity contribution in [2.45, 2.75) is 63.7 Å². The minimum atomic E-state index is -0.760. The molecule has 0 aromatic heterocycles. The van der Waals surface area contributed by atoms with E-state index < -0.39 is 27.6 Å². The Morgan fingerprint density at radius 1 is 0.951 bits per heavy atom. The third-order valence-electron chi connectivity index (χ3n) is 6.88. The van der Waals surface area contributed by atoms with Crippen LogP contribution < -0.4 is 0 Å². The topological polar surface area (TPSA) is 162 Å². The van der Waals surface area contributed by atoms with Gasteiger partial charge in [0.05, 0.1) is 9.85 Å². The summed E-state index contributed by atoms with van der Waals surface area (Å²) >= 11 is 1.16. The molecular formula is C27H32N4O9S. The zero-order valence-corrected chi connectivity index (χ0v) is 24.0. The number of likely N-dealkylation sites (tertiary alicyclic amines) is 1. The average Bonchev–Trinajstić information content (AvgIpc) is 3.30. The van der Waals surface area contributed by atoms with Gasteiger partial charge in [0.2, 0.25) is 0 Å². The molecule has 2 amide bonds. The highest BCUT2D eigenvalue weighted by atomic mass is 32.2. The lowest BCUT2D eigenvalue weighted by Gasteiger charge is -2.38. The first-order valence-electron chi connectivity index (χ1n) is 12.7. The summed E-state index contributed by atoms with van der Waals surface area (Å²) in [5.74, 6) is 0. The molecule has 1 heterocycles. The molecule has 3 rings (SSSR count). The van der Waals surface area contributed by atoms with Crippen molar-refractivity contribution in [2.24, 2.45) is 0 Å². The van der Waals surface area contributed by atoms with Crippen LogP contribution in [0.25, 0.3) is 0 Å². The normalized spacial score (nSPS) is 16.6. The highest BCUT2D eigenvalue weighted by Gasteiger charge is 2.42. The van der Waals surface area contributed by atoms with Crippen LogP contribution in [-0.4, -0.2) is 67.4 Å². The number of hydrogen-bond donors (Lipinski definition) is 0. The van der Waals surface area contributed by atoms with E-state index in [1.54, 1.807) is 11.9 Å². The fourth-order valence-electron chi connectivity index (χ4n) is 4.47. The van der Waals surface area contributed by atoms with Crippen molar-refractivity contribution in [1.29, 1.82) is 0 Å². The monoisotopic (exact) mass is 588 g/mol. The number of amides is 2. The Balaban J connectivity index is 1.63. The van der Waals surface area contributed by atoms with Crippen molar-refractivity contribution < 1.29 is 33.7 Å². The minimum absolute atomic E-state index is 0.0630. The summed E-state index contributed by atoms with van der Waals surface area (Å²) in [6.45, 7) is 5.28. The molecule has 2 aromatic rings. The summed E-state index contributed by atoms with van der Waals surface area (Å²) in [6, 6.07) is 11.1. The van der Waals surface area contributed by atoms with Crippen LogP contribution in [0.4, 0.5) is 21.0 Å². The fourth-order valence-corrected chi connectivity index (χ4v) is 5.49. The van der Waals surface area contributed by atoms with Crippen molar-refractivity contribution in [1.82, 2.24) is 9.80 Å². The number of thioether (sulfide) groups is 1. The van der Waals surface area contributed by atoms with Crippen LogP contribution in [0.1, 0.15) is 44.7 Å². The van der Waals surface area contributed by atoms with Crippen LogP contribution >= 0.6 is 11.8 Å². The van der Waals surface area contributed by atoms with E-state index in [2.05, 4.69) is 0 Å². The molecule has 1 fully saturated rings. The zero-order valence-electron chi connectivity index (χ0n) is 23.2. The van der Waals surface area contributed by atoms with E-state index in [1.165, 1.54) is 60.4 Å². The molecule has 0 N–H and O–H groups in total. The summed E-state index contributed by atoms with van der Waals surface area (Å²) in [6.07, 6.45) is -0.295. The number of benzene rings is 2. The van der Waals surface area contributed by atoms with Crippen LogP contribution in [0.5, 0.6) is 0 Å². The van der Waals surface area contributed by atoms with Gasteiger partial charge in [-0.25, -0.2) is 9.59 Å². The smallest absolute Gasteiger partial charge is 0.410 e. The Morgan fingerprint density at radius 2 is 1.44 bits per heavy atom. The molecule has 0 saturated carbocycles. The first kappa shape index (κ1) is 31.3. The standard InChI is InChI=1S/C27H32N4O9S/c1-18(32)41-24-13-23(29(15-24)26(34)40-17-20-7-11-22(12-8-20)31(37)38)14-27(2,3)28(4)25(33)39-16-19-5-9-21(10-6-19)30(35)36/h5-12,23-24H,13-17H2,1-4H3/t23-,24-/m0/s1. The molecule has 0 unspecified atom stereocenters. The largest absolute Gasteiger partial charge is 0.445 e. The Kier molecular flexibility index (Phi) is 10.3. The zero-order chi connectivity index (χ0) is 30.3. The average molecular weight is 589 g/mol. The second kappa shape index (κ2) is 13.4. The van der Waals surface area contributed by atoms with E-state index in [-0.39, 0.29) is 41.0 Å². The van der Waals surface area contributed by atoms with Gasteiger partial charge in [0.1, 0.15) is 13.2 Å². The molecular weight excluding hydrogens is 556 g/mol. The van der Waals surface area contributed by atoms with E-state index >= 15 is 0 Å². The first-order chi connectivity index (χ1) is 19.3. The van der Waals surface area contributed by atoms with E-state index in [4.69, 9.17) is 9.47 Å². The molecule has 1 aliphatic heterocycles. The number of carbonyl (C=O) groups is 3. The molecule has 0 spiro atoms. The number of nitro benzene ring substituents is 2. The van der Waals surface area contributed by atoms with Crippen molar-refractivity contribution in [2.75, 3.05) is 13.6 Å². The summed E-state index contributed by atoms with van der Waals surface area (Å²) < 4.78 is 10.9. The van der Waals surface area contributed by atoms with Gasteiger partial charge in [-0.3, -0.25) is 25.0 Å². The third-order valence-corrected chi connectivity index (χ3v) is 7.89. The first-order valence-corrected chi connectivity index (χ1v) is 13.6. The number of nitro groups is 2. The van der Waals surface area contributed by atoms with Crippen LogP contribution in [-0.2, 0) is 27.5 Å². The van der Waals surface area contributed by atoms with Gasteiger partial charge in [0.15, 0.2) is 5.12 Å². The lowest BCUT2D eigenvalue weighted by Crippen LogP contribution is -2.49. The van der Waals surface area contributed by atoms with Gasteiger partial charge < -0.3 is 19.3 Å². The van der Waals surface area contributed by atoms with Crippen molar-refractivity contribution in [3.05, 3.63) is 79.9 Å². The van der Waals surface area contributed by atoms with E-state index in [1.807, 2.05) is 13.8 Å². The lowest BCUT2D eigenvalue weighted by molar-refractivity contribution is -0.385.